The molecule has 1 atom stereocenters. The molecule has 9 nitrogen and oxygen atoms in total. The number of nitrogens with zero attached hydrogens (tertiary/aromatic N) is 3. The van der Waals surface area contributed by atoms with Crippen LogP contribution in [0.15, 0.2) is 0 Å². The van der Waals surface area contributed by atoms with Crippen LogP contribution in [0.3, 0.4) is 0 Å². The van der Waals surface area contributed by atoms with E-state index in [1.807, 2.05) is 13.8 Å². The Kier molecular flexibility index (Phi) is 11.1. The van der Waals surface area contributed by atoms with Gasteiger partial charge in [-0.05, 0) is 0 Å². The fraction of sp³-hybridized carbons (Fsp3) is 0.857. The van der Waals surface area contributed by atoms with Crippen LogP contribution in [0.5, 0.6) is 0 Å². The predicted octanol–water partition coefficient (Wildman–Crippen LogP) is -0.0409. The van der Waals surface area contributed by atoms with E-state index in [4.69, 9.17) is 10.2 Å². The molecule has 24 heavy (non-hydrogen) atoms. The normalized spacial score (nSPS) is 20.7. The number of carboxylic acid groups (broad SMARTS) is 2. The summed E-state index contributed by atoms with van der Waals surface area (Å²) in [6, 6.07) is 0. The van der Waals surface area contributed by atoms with Crippen LogP contribution in [0.1, 0.15) is 13.8 Å². The molecule has 0 saturated carbocycles. The van der Waals surface area contributed by atoms with Crippen LogP contribution in [0.25, 0.3) is 0 Å². The van der Waals surface area contributed by atoms with E-state index in [0.717, 1.165) is 0 Å². The molecule has 1 aliphatic rings. The van der Waals surface area contributed by atoms with Gasteiger partial charge in [0.2, 0.25) is 7.37 Å². The molecule has 142 valence electrons. The van der Waals surface area contributed by atoms with Crippen molar-refractivity contribution in [3.05, 3.63) is 0 Å². The van der Waals surface area contributed by atoms with Gasteiger partial charge in [-0.15, -0.1) is 0 Å². The lowest BCUT2D eigenvalue weighted by molar-refractivity contribution is -0.140. The SMILES string of the molecule is CC.CP(=O)(O)CN1CCN(CC(=O)O)CCN(CC(=O)O)CC1. The van der Waals surface area contributed by atoms with Gasteiger partial charge in [0.15, 0.2) is 0 Å². The van der Waals surface area contributed by atoms with Gasteiger partial charge in [-0.25, -0.2) is 0 Å². The summed E-state index contributed by atoms with van der Waals surface area (Å²) in [5.41, 5.74) is 0. The standard InChI is InChI=1S/C12H24N3O6P.C2H6/c1-22(20,21)10-15-6-4-13(8-11(16)17)2-3-14(5-7-15)9-12(18)19;1-2/h2-10H2,1H3,(H,16,17)(H,18,19)(H,20,21);1-2H3. The minimum absolute atomic E-state index is 0.0226. The molecule has 0 aromatic carbocycles. The van der Waals surface area contributed by atoms with E-state index in [-0.39, 0.29) is 19.4 Å². The van der Waals surface area contributed by atoms with Crippen molar-refractivity contribution in [3.8, 4) is 0 Å². The Bertz CT molecular complexity index is 414. The molecule has 0 bridgehead atoms. The molecule has 0 amide bonds. The third kappa shape index (κ3) is 11.5. The second-order valence-electron chi connectivity index (χ2n) is 5.65. The van der Waals surface area contributed by atoms with Crippen LogP contribution in [0.2, 0.25) is 0 Å². The summed E-state index contributed by atoms with van der Waals surface area (Å²) < 4.78 is 11.6. The molecule has 1 heterocycles. The molecule has 0 aromatic rings. The summed E-state index contributed by atoms with van der Waals surface area (Å²) in [5, 5.41) is 17.8. The molecule has 3 N–H and O–H groups in total. The van der Waals surface area contributed by atoms with Gasteiger partial charge in [0.25, 0.3) is 0 Å². The van der Waals surface area contributed by atoms with E-state index in [0.29, 0.717) is 39.3 Å². The van der Waals surface area contributed by atoms with Crippen LogP contribution in [0, 0.1) is 0 Å². The Hall–Kier alpha value is -0.990. The molecular weight excluding hydrogens is 337 g/mol. The predicted molar refractivity (Wildman–Crippen MR) is 91.7 cm³/mol. The van der Waals surface area contributed by atoms with Crippen LogP contribution in [-0.2, 0) is 14.2 Å². The molecule has 1 unspecified atom stereocenters. The molecule has 0 radical (unpaired) electrons. The second kappa shape index (κ2) is 11.5. The molecule has 0 spiro atoms. The molecule has 1 saturated heterocycles. The maximum Gasteiger partial charge on any atom is 0.317 e. The fourth-order valence-electron chi connectivity index (χ4n) is 2.40. The topological polar surface area (TPSA) is 122 Å². The monoisotopic (exact) mass is 367 g/mol. The van der Waals surface area contributed by atoms with Gasteiger partial charge in [-0.3, -0.25) is 28.9 Å². The van der Waals surface area contributed by atoms with Gasteiger partial charge in [0.05, 0.1) is 19.4 Å². The van der Waals surface area contributed by atoms with Crippen molar-refractivity contribution in [1.82, 2.24) is 14.7 Å². The number of aliphatic carboxylic acids is 2. The maximum absolute atomic E-state index is 11.6. The number of carbonyl (C=O) groups is 2. The lowest BCUT2D eigenvalue weighted by Gasteiger charge is -2.25. The highest BCUT2D eigenvalue weighted by Crippen LogP contribution is 2.35. The third-order valence-corrected chi connectivity index (χ3v) is 4.30. The van der Waals surface area contributed by atoms with Crippen LogP contribution in [-0.4, -0.2) is 107 Å². The van der Waals surface area contributed by atoms with Crippen molar-refractivity contribution in [1.29, 1.82) is 0 Å². The van der Waals surface area contributed by atoms with E-state index in [9.17, 15) is 19.0 Å². The van der Waals surface area contributed by atoms with E-state index in [1.54, 1.807) is 14.7 Å². The summed E-state index contributed by atoms with van der Waals surface area (Å²) in [5.74, 6) is -1.89. The first-order valence-electron chi connectivity index (χ1n) is 8.05. The van der Waals surface area contributed by atoms with Gasteiger partial charge in [0, 0.05) is 45.9 Å². The Morgan fingerprint density at radius 1 is 0.833 bits per heavy atom. The zero-order chi connectivity index (χ0) is 18.8. The Morgan fingerprint density at radius 2 is 1.12 bits per heavy atom. The number of hydrogen-bond donors (Lipinski definition) is 3. The Balaban J connectivity index is 0.00000254. The lowest BCUT2D eigenvalue weighted by Crippen LogP contribution is -2.40. The van der Waals surface area contributed by atoms with Crippen molar-refractivity contribution >= 4 is 19.3 Å². The van der Waals surface area contributed by atoms with E-state index >= 15 is 0 Å². The van der Waals surface area contributed by atoms with Crippen LogP contribution < -0.4 is 0 Å². The molecule has 10 heteroatoms. The first kappa shape index (κ1) is 23.0. The van der Waals surface area contributed by atoms with Crippen molar-refractivity contribution in [2.24, 2.45) is 0 Å². The quantitative estimate of drug-likeness (QED) is 0.555. The van der Waals surface area contributed by atoms with Crippen molar-refractivity contribution < 1.29 is 29.3 Å². The summed E-state index contributed by atoms with van der Waals surface area (Å²) in [6.45, 7) is 7.82. The Labute approximate surface area is 143 Å². The van der Waals surface area contributed by atoms with Crippen LogP contribution in [0.4, 0.5) is 0 Å². The highest BCUT2D eigenvalue weighted by atomic mass is 31.2. The largest absolute Gasteiger partial charge is 0.480 e. The number of rotatable bonds is 6. The molecule has 1 aliphatic heterocycles. The first-order chi connectivity index (χ1) is 11.2. The third-order valence-electron chi connectivity index (χ3n) is 3.38. The van der Waals surface area contributed by atoms with Gasteiger partial charge < -0.3 is 15.1 Å². The van der Waals surface area contributed by atoms with Gasteiger partial charge in [0.1, 0.15) is 0 Å². The summed E-state index contributed by atoms with van der Waals surface area (Å²) in [4.78, 5) is 36.5. The molecule has 0 aliphatic carbocycles. The maximum atomic E-state index is 11.6. The zero-order valence-corrected chi connectivity index (χ0v) is 15.6. The summed E-state index contributed by atoms with van der Waals surface area (Å²) in [7, 11) is -3.22. The zero-order valence-electron chi connectivity index (χ0n) is 14.7. The smallest absolute Gasteiger partial charge is 0.317 e. The number of carboxylic acids is 2. The fourth-order valence-corrected chi connectivity index (χ4v) is 3.42. The van der Waals surface area contributed by atoms with Crippen LogP contribution >= 0.6 is 7.37 Å². The molecule has 1 rings (SSSR count). The van der Waals surface area contributed by atoms with Gasteiger partial charge in [-0.2, -0.15) is 0 Å². The Morgan fingerprint density at radius 3 is 1.38 bits per heavy atom. The van der Waals surface area contributed by atoms with Crippen molar-refractivity contribution in [2.45, 2.75) is 13.8 Å². The first-order valence-corrected chi connectivity index (χ1v) is 10.3. The minimum atomic E-state index is -3.22. The highest BCUT2D eigenvalue weighted by molar-refractivity contribution is 7.57. The molecule has 0 aromatic heterocycles. The second-order valence-corrected chi connectivity index (χ2v) is 8.03. The lowest BCUT2D eigenvalue weighted by atomic mass is 10.4. The van der Waals surface area contributed by atoms with Crippen molar-refractivity contribution in [3.63, 3.8) is 0 Å². The highest BCUT2D eigenvalue weighted by Gasteiger charge is 2.22. The van der Waals surface area contributed by atoms with E-state index in [2.05, 4.69) is 0 Å². The molecular formula is C14H30N3O6P. The van der Waals surface area contributed by atoms with Gasteiger partial charge >= 0.3 is 11.9 Å². The number of hydrogen-bond acceptors (Lipinski definition) is 6. The van der Waals surface area contributed by atoms with Gasteiger partial charge in [-0.1, -0.05) is 13.8 Å². The average Bonchev–Trinajstić information content (AvgIpc) is 2.53. The van der Waals surface area contributed by atoms with E-state index in [1.165, 1.54) is 6.66 Å². The minimum Gasteiger partial charge on any atom is -0.480 e. The molecule has 1 fully saturated rings. The van der Waals surface area contributed by atoms with E-state index < -0.39 is 19.3 Å². The average molecular weight is 367 g/mol. The summed E-state index contributed by atoms with van der Waals surface area (Å²) >= 11 is 0. The van der Waals surface area contributed by atoms with Crippen molar-refractivity contribution in [2.75, 3.05) is 65.3 Å². The summed E-state index contributed by atoms with van der Waals surface area (Å²) in [6.07, 6.45) is 0.0226.